The molecule has 0 spiro atoms. The molecule has 0 amide bonds. The Morgan fingerprint density at radius 1 is 1.38 bits per heavy atom. The number of halogens is 1. The van der Waals surface area contributed by atoms with Gasteiger partial charge >= 0.3 is 0 Å². The van der Waals surface area contributed by atoms with Gasteiger partial charge in [-0.2, -0.15) is 0 Å². The Kier molecular flexibility index (Phi) is 3.53. The third-order valence-electron chi connectivity index (χ3n) is 3.38. The Labute approximate surface area is 102 Å². The van der Waals surface area contributed by atoms with Crippen molar-refractivity contribution < 1.29 is 4.74 Å². The third kappa shape index (κ3) is 2.24. The van der Waals surface area contributed by atoms with Crippen LogP contribution in [-0.2, 0) is 4.74 Å². The van der Waals surface area contributed by atoms with Crippen molar-refractivity contribution in [3.63, 3.8) is 0 Å². The topological polar surface area (TPSA) is 35.2 Å². The molecule has 0 radical (unpaired) electrons. The number of benzene rings is 1. The maximum absolute atomic E-state index is 6.30. The van der Waals surface area contributed by atoms with E-state index < -0.39 is 0 Å². The van der Waals surface area contributed by atoms with E-state index in [-0.39, 0.29) is 6.04 Å². The van der Waals surface area contributed by atoms with Crippen molar-refractivity contribution in [1.29, 1.82) is 0 Å². The molecular formula is C13H18ClNO. The van der Waals surface area contributed by atoms with Gasteiger partial charge in [0.15, 0.2) is 0 Å². The molecule has 2 nitrogen and oxygen atoms in total. The zero-order valence-electron chi connectivity index (χ0n) is 9.79. The van der Waals surface area contributed by atoms with Gasteiger partial charge in [0.2, 0.25) is 0 Å². The minimum atomic E-state index is 0.0680. The third-order valence-corrected chi connectivity index (χ3v) is 3.79. The van der Waals surface area contributed by atoms with Gasteiger partial charge in [0.1, 0.15) is 0 Å². The first-order valence-corrected chi connectivity index (χ1v) is 6.07. The molecule has 1 aromatic carbocycles. The molecule has 1 aliphatic rings. The van der Waals surface area contributed by atoms with Crippen LogP contribution in [0, 0.1) is 19.8 Å². The summed E-state index contributed by atoms with van der Waals surface area (Å²) in [6, 6.07) is 4.18. The summed E-state index contributed by atoms with van der Waals surface area (Å²) in [6.45, 7) is 5.70. The normalized spacial score (nSPS) is 22.4. The van der Waals surface area contributed by atoms with Crippen molar-refractivity contribution in [3.05, 3.63) is 33.8 Å². The Bertz CT molecular complexity index is 386. The van der Waals surface area contributed by atoms with Crippen LogP contribution in [0.15, 0.2) is 12.1 Å². The molecule has 0 aliphatic carbocycles. The fourth-order valence-corrected chi connectivity index (χ4v) is 2.47. The highest BCUT2D eigenvalue weighted by molar-refractivity contribution is 6.31. The summed E-state index contributed by atoms with van der Waals surface area (Å²) in [5, 5.41) is 0.816. The van der Waals surface area contributed by atoms with Crippen molar-refractivity contribution in [1.82, 2.24) is 0 Å². The molecule has 1 aliphatic heterocycles. The van der Waals surface area contributed by atoms with Crippen LogP contribution in [0.2, 0.25) is 5.02 Å². The van der Waals surface area contributed by atoms with E-state index in [1.807, 2.05) is 13.0 Å². The largest absolute Gasteiger partial charge is 0.381 e. The molecule has 1 saturated heterocycles. The van der Waals surface area contributed by atoms with Gasteiger partial charge in [-0.3, -0.25) is 0 Å². The van der Waals surface area contributed by atoms with Crippen LogP contribution in [0.3, 0.4) is 0 Å². The fraction of sp³-hybridized carbons (Fsp3) is 0.538. The molecule has 3 heteroatoms. The molecule has 0 aromatic heterocycles. The van der Waals surface area contributed by atoms with E-state index in [1.54, 1.807) is 0 Å². The quantitative estimate of drug-likeness (QED) is 0.861. The van der Waals surface area contributed by atoms with Crippen LogP contribution < -0.4 is 5.73 Å². The molecule has 1 fully saturated rings. The van der Waals surface area contributed by atoms with Crippen molar-refractivity contribution >= 4 is 11.6 Å². The molecule has 16 heavy (non-hydrogen) atoms. The van der Waals surface area contributed by atoms with Gasteiger partial charge in [-0.25, -0.2) is 0 Å². The second kappa shape index (κ2) is 4.74. The van der Waals surface area contributed by atoms with Gasteiger partial charge in [0.25, 0.3) is 0 Å². The summed E-state index contributed by atoms with van der Waals surface area (Å²) >= 11 is 6.08. The van der Waals surface area contributed by atoms with Gasteiger partial charge in [-0.15, -0.1) is 0 Å². The van der Waals surface area contributed by atoms with Crippen molar-refractivity contribution in [3.8, 4) is 0 Å². The van der Waals surface area contributed by atoms with Crippen LogP contribution >= 0.6 is 11.6 Å². The number of nitrogens with two attached hydrogens (primary N) is 1. The molecule has 1 heterocycles. The Balaban J connectivity index is 2.28. The lowest BCUT2D eigenvalue weighted by atomic mass is 9.89. The summed E-state index contributed by atoms with van der Waals surface area (Å²) in [6.07, 6.45) is 1.06. The van der Waals surface area contributed by atoms with Crippen LogP contribution in [0.5, 0.6) is 0 Å². The first kappa shape index (κ1) is 11.9. The van der Waals surface area contributed by atoms with E-state index in [4.69, 9.17) is 22.1 Å². The number of hydrogen-bond donors (Lipinski definition) is 1. The number of aryl methyl sites for hydroxylation is 2. The number of hydrogen-bond acceptors (Lipinski definition) is 2. The number of ether oxygens (including phenoxy) is 1. The van der Waals surface area contributed by atoms with E-state index in [0.29, 0.717) is 5.92 Å². The highest BCUT2D eigenvalue weighted by Gasteiger charge is 2.25. The summed E-state index contributed by atoms with van der Waals surface area (Å²) in [5.41, 5.74) is 9.77. The SMILES string of the molecule is Cc1cc(C(N)C2CCOC2)c(C)cc1Cl. The Morgan fingerprint density at radius 3 is 2.75 bits per heavy atom. The van der Waals surface area contributed by atoms with E-state index in [1.165, 1.54) is 11.1 Å². The average molecular weight is 240 g/mol. The van der Waals surface area contributed by atoms with E-state index in [2.05, 4.69) is 13.0 Å². The molecule has 2 unspecified atom stereocenters. The number of rotatable bonds is 2. The molecule has 88 valence electrons. The second-order valence-electron chi connectivity index (χ2n) is 4.61. The fourth-order valence-electron chi connectivity index (χ4n) is 2.25. The first-order valence-electron chi connectivity index (χ1n) is 5.69. The van der Waals surface area contributed by atoms with Crippen molar-refractivity contribution in [2.75, 3.05) is 13.2 Å². The summed E-state index contributed by atoms with van der Waals surface area (Å²) in [4.78, 5) is 0. The monoisotopic (exact) mass is 239 g/mol. The van der Waals surface area contributed by atoms with Gasteiger partial charge in [0.05, 0.1) is 6.61 Å². The molecule has 1 aromatic rings. The highest BCUT2D eigenvalue weighted by atomic mass is 35.5. The summed E-state index contributed by atoms with van der Waals surface area (Å²) in [5.74, 6) is 0.444. The lowest BCUT2D eigenvalue weighted by Gasteiger charge is -2.21. The minimum absolute atomic E-state index is 0.0680. The molecule has 2 N–H and O–H groups in total. The highest BCUT2D eigenvalue weighted by Crippen LogP contribution is 2.31. The lowest BCUT2D eigenvalue weighted by Crippen LogP contribution is -2.22. The van der Waals surface area contributed by atoms with Gasteiger partial charge in [-0.05, 0) is 43.0 Å². The van der Waals surface area contributed by atoms with Crippen LogP contribution in [0.4, 0.5) is 0 Å². The van der Waals surface area contributed by atoms with Crippen molar-refractivity contribution in [2.45, 2.75) is 26.3 Å². The molecular weight excluding hydrogens is 222 g/mol. The van der Waals surface area contributed by atoms with Crippen LogP contribution in [0.25, 0.3) is 0 Å². The molecule has 0 saturated carbocycles. The smallest absolute Gasteiger partial charge is 0.0513 e. The summed E-state index contributed by atoms with van der Waals surface area (Å²) in [7, 11) is 0. The van der Waals surface area contributed by atoms with E-state index in [0.717, 1.165) is 30.2 Å². The van der Waals surface area contributed by atoms with E-state index >= 15 is 0 Å². The van der Waals surface area contributed by atoms with Crippen LogP contribution in [-0.4, -0.2) is 13.2 Å². The lowest BCUT2D eigenvalue weighted by molar-refractivity contribution is 0.181. The summed E-state index contributed by atoms with van der Waals surface area (Å²) < 4.78 is 5.39. The van der Waals surface area contributed by atoms with Crippen LogP contribution in [0.1, 0.15) is 29.2 Å². The predicted octanol–water partition coefficient (Wildman–Crippen LogP) is 2.99. The van der Waals surface area contributed by atoms with E-state index in [9.17, 15) is 0 Å². The first-order chi connectivity index (χ1) is 7.59. The minimum Gasteiger partial charge on any atom is -0.381 e. The average Bonchev–Trinajstić information content (AvgIpc) is 2.75. The Morgan fingerprint density at radius 2 is 2.12 bits per heavy atom. The Hall–Kier alpha value is -0.570. The standard InChI is InChI=1S/C13H18ClNO/c1-8-6-12(14)9(2)5-11(8)13(15)10-3-4-16-7-10/h5-6,10,13H,3-4,7,15H2,1-2H3. The molecule has 0 bridgehead atoms. The predicted molar refractivity (Wildman–Crippen MR) is 66.8 cm³/mol. The zero-order valence-corrected chi connectivity index (χ0v) is 10.6. The van der Waals surface area contributed by atoms with Gasteiger partial charge < -0.3 is 10.5 Å². The molecule has 2 rings (SSSR count). The van der Waals surface area contributed by atoms with Crippen molar-refractivity contribution in [2.24, 2.45) is 11.7 Å². The maximum Gasteiger partial charge on any atom is 0.0513 e. The second-order valence-corrected chi connectivity index (χ2v) is 5.01. The zero-order chi connectivity index (χ0) is 11.7. The van der Waals surface area contributed by atoms with Gasteiger partial charge in [0, 0.05) is 23.6 Å². The van der Waals surface area contributed by atoms with Gasteiger partial charge in [-0.1, -0.05) is 17.7 Å². The maximum atomic E-state index is 6.30. The molecule has 2 atom stereocenters.